The van der Waals surface area contributed by atoms with Gasteiger partial charge in [-0.2, -0.15) is 0 Å². The topological polar surface area (TPSA) is 133 Å². The number of fused-ring (bicyclic) bond motifs is 1. The first-order valence-electron chi connectivity index (χ1n) is 12.8. The minimum Gasteiger partial charge on any atom is -0.443 e. The van der Waals surface area contributed by atoms with E-state index in [4.69, 9.17) is 19.9 Å². The molecule has 0 bridgehead atoms. The Morgan fingerprint density at radius 2 is 1.94 bits per heavy atom. The fraction of sp³-hybridized carbons (Fsp3) is 0.680. The fourth-order valence-electron chi connectivity index (χ4n) is 4.57. The summed E-state index contributed by atoms with van der Waals surface area (Å²) in [5.41, 5.74) is 6.26. The summed E-state index contributed by atoms with van der Waals surface area (Å²) in [7, 11) is 0. The first-order valence-corrected chi connectivity index (χ1v) is 12.8. The predicted octanol–water partition coefficient (Wildman–Crippen LogP) is 2.19. The Balaban J connectivity index is 1.52. The van der Waals surface area contributed by atoms with Gasteiger partial charge in [-0.05, 0) is 44.7 Å². The van der Waals surface area contributed by atoms with Gasteiger partial charge in [0.25, 0.3) is 0 Å². The number of morpholine rings is 1. The van der Waals surface area contributed by atoms with Crippen LogP contribution in [-0.2, 0) is 25.6 Å². The highest BCUT2D eigenvalue weighted by Gasteiger charge is 2.29. The smallest absolute Gasteiger partial charge is 0.410 e. The number of nitrogens with zero attached hydrogens (tertiary/aromatic N) is 4. The molecule has 2 aliphatic rings. The van der Waals surface area contributed by atoms with Crippen molar-refractivity contribution in [3.05, 3.63) is 29.7 Å². The number of hydrogen-bond acceptors (Lipinski definition) is 8. The maximum Gasteiger partial charge on any atom is 0.410 e. The molecule has 198 valence electrons. The molecular weight excluding hydrogens is 464 g/mol. The van der Waals surface area contributed by atoms with Crippen LogP contribution in [0, 0.1) is 5.92 Å². The van der Waals surface area contributed by atoms with Gasteiger partial charge in [-0.1, -0.05) is 25.3 Å². The van der Waals surface area contributed by atoms with Crippen molar-refractivity contribution in [1.29, 1.82) is 0 Å². The Morgan fingerprint density at radius 1 is 1.19 bits per heavy atom. The quantitative estimate of drug-likeness (QED) is 0.533. The molecule has 1 aliphatic carbocycles. The molecule has 1 atom stereocenters. The van der Waals surface area contributed by atoms with Gasteiger partial charge in [0, 0.05) is 19.7 Å². The second-order valence-electron chi connectivity index (χ2n) is 10.2. The number of nitrogens with one attached hydrogen (secondary N) is 1. The van der Waals surface area contributed by atoms with Gasteiger partial charge in [0.2, 0.25) is 5.91 Å². The summed E-state index contributed by atoms with van der Waals surface area (Å²) in [6.45, 7) is 6.22. The molecule has 2 aromatic heterocycles. The molecule has 11 nitrogen and oxygen atoms in total. The molecule has 2 amide bonds. The van der Waals surface area contributed by atoms with E-state index in [2.05, 4.69) is 15.5 Å². The van der Waals surface area contributed by atoms with Gasteiger partial charge in [-0.3, -0.25) is 9.20 Å². The van der Waals surface area contributed by atoms with Crippen molar-refractivity contribution in [2.75, 3.05) is 39.5 Å². The first-order chi connectivity index (χ1) is 17.3. The van der Waals surface area contributed by atoms with Gasteiger partial charge in [-0.15, -0.1) is 10.2 Å². The third kappa shape index (κ3) is 6.71. The SMILES string of the molecule is CC(C)(N)C(=O)N[C@H](COCC1CCCCC1)c1nnc2cccc(COC(=O)N3CCOCC3)n12. The van der Waals surface area contributed by atoms with E-state index in [1.807, 2.05) is 22.6 Å². The molecule has 11 heteroatoms. The first kappa shape index (κ1) is 26.3. The van der Waals surface area contributed by atoms with Crippen LogP contribution < -0.4 is 11.1 Å². The molecular formula is C25H38N6O5. The zero-order valence-electron chi connectivity index (χ0n) is 21.3. The Kier molecular flexibility index (Phi) is 8.76. The van der Waals surface area contributed by atoms with E-state index >= 15 is 0 Å². The number of pyridine rings is 1. The molecule has 3 heterocycles. The summed E-state index contributed by atoms with van der Waals surface area (Å²) in [5, 5.41) is 11.7. The molecule has 1 aliphatic heterocycles. The van der Waals surface area contributed by atoms with Crippen molar-refractivity contribution in [3.8, 4) is 0 Å². The molecule has 4 rings (SSSR count). The van der Waals surface area contributed by atoms with Gasteiger partial charge in [0.1, 0.15) is 12.6 Å². The van der Waals surface area contributed by atoms with Crippen LogP contribution in [0.25, 0.3) is 5.65 Å². The summed E-state index contributed by atoms with van der Waals surface area (Å²) in [5.74, 6) is 0.720. The van der Waals surface area contributed by atoms with Crippen LogP contribution in [0.2, 0.25) is 0 Å². The summed E-state index contributed by atoms with van der Waals surface area (Å²) >= 11 is 0. The van der Waals surface area contributed by atoms with Crippen molar-refractivity contribution >= 4 is 17.6 Å². The number of rotatable bonds is 9. The lowest BCUT2D eigenvalue weighted by atomic mass is 9.90. The molecule has 0 spiro atoms. The van der Waals surface area contributed by atoms with Crippen LogP contribution >= 0.6 is 0 Å². The minimum atomic E-state index is -1.07. The molecule has 2 fully saturated rings. The standard InChI is InChI=1S/C25H38N6O5/c1-25(2,26)23(32)27-20(17-35-15-18-7-4-3-5-8-18)22-29-28-21-10-6-9-19(31(21)22)16-36-24(33)30-11-13-34-14-12-30/h6,9-10,18,20H,3-5,7-8,11-17,26H2,1-2H3,(H,27,32)/t20-/m1/s1. The summed E-state index contributed by atoms with van der Waals surface area (Å²) < 4.78 is 18.8. The van der Waals surface area contributed by atoms with Crippen LogP contribution in [0.5, 0.6) is 0 Å². The van der Waals surface area contributed by atoms with Crippen LogP contribution in [0.1, 0.15) is 63.5 Å². The maximum absolute atomic E-state index is 12.8. The van der Waals surface area contributed by atoms with E-state index in [1.165, 1.54) is 32.1 Å². The lowest BCUT2D eigenvalue weighted by molar-refractivity contribution is -0.126. The van der Waals surface area contributed by atoms with Crippen LogP contribution in [0.15, 0.2) is 18.2 Å². The number of ether oxygens (including phenoxy) is 3. The molecule has 1 saturated carbocycles. The molecule has 3 N–H and O–H groups in total. The lowest BCUT2D eigenvalue weighted by Crippen LogP contribution is -2.51. The monoisotopic (exact) mass is 502 g/mol. The molecule has 0 unspecified atom stereocenters. The summed E-state index contributed by atoms with van der Waals surface area (Å²) in [6.07, 6.45) is 5.69. The Bertz CT molecular complexity index is 1020. The van der Waals surface area contributed by atoms with E-state index in [0.717, 1.165) is 0 Å². The second kappa shape index (κ2) is 12.0. The van der Waals surface area contributed by atoms with Gasteiger partial charge in [-0.25, -0.2) is 4.79 Å². The van der Waals surface area contributed by atoms with Crippen LogP contribution in [0.3, 0.4) is 0 Å². The second-order valence-corrected chi connectivity index (χ2v) is 10.2. The molecule has 0 radical (unpaired) electrons. The molecule has 1 saturated heterocycles. The number of carbonyl (C=O) groups excluding carboxylic acids is 2. The normalized spacial score (nSPS) is 18.2. The zero-order chi connectivity index (χ0) is 25.5. The highest BCUT2D eigenvalue weighted by Crippen LogP contribution is 2.24. The third-order valence-corrected chi connectivity index (χ3v) is 6.71. The summed E-state index contributed by atoms with van der Waals surface area (Å²) in [6, 6.07) is 4.93. The van der Waals surface area contributed by atoms with Gasteiger partial charge >= 0.3 is 6.09 Å². The Labute approximate surface area is 211 Å². The van der Waals surface area contributed by atoms with Crippen molar-refractivity contribution in [2.24, 2.45) is 11.7 Å². The summed E-state index contributed by atoms with van der Waals surface area (Å²) in [4.78, 5) is 27.0. The molecule has 0 aromatic carbocycles. The third-order valence-electron chi connectivity index (χ3n) is 6.71. The van der Waals surface area contributed by atoms with Gasteiger partial charge in [0.15, 0.2) is 11.5 Å². The van der Waals surface area contributed by atoms with E-state index in [1.54, 1.807) is 18.7 Å². The van der Waals surface area contributed by atoms with Crippen LogP contribution in [-0.4, -0.2) is 76.6 Å². The Morgan fingerprint density at radius 3 is 2.67 bits per heavy atom. The van der Waals surface area contributed by atoms with Crippen molar-refractivity contribution in [2.45, 2.75) is 64.1 Å². The average molecular weight is 503 g/mol. The van der Waals surface area contributed by atoms with E-state index in [9.17, 15) is 9.59 Å². The van der Waals surface area contributed by atoms with Crippen LogP contribution in [0.4, 0.5) is 4.79 Å². The average Bonchev–Trinajstić information content (AvgIpc) is 3.32. The highest BCUT2D eigenvalue weighted by molar-refractivity contribution is 5.85. The van der Waals surface area contributed by atoms with Crippen molar-refractivity contribution in [1.82, 2.24) is 24.8 Å². The maximum atomic E-state index is 12.8. The zero-order valence-corrected chi connectivity index (χ0v) is 21.3. The van der Waals surface area contributed by atoms with E-state index in [-0.39, 0.29) is 19.1 Å². The fourth-order valence-corrected chi connectivity index (χ4v) is 4.57. The number of amides is 2. The van der Waals surface area contributed by atoms with Gasteiger partial charge < -0.3 is 30.2 Å². The largest absolute Gasteiger partial charge is 0.443 e. The minimum absolute atomic E-state index is 0.0323. The number of carbonyl (C=O) groups is 2. The molecule has 2 aromatic rings. The number of nitrogens with two attached hydrogens (primary N) is 1. The number of aromatic nitrogens is 3. The van der Waals surface area contributed by atoms with E-state index < -0.39 is 17.7 Å². The van der Waals surface area contributed by atoms with Crippen molar-refractivity contribution < 1.29 is 23.8 Å². The van der Waals surface area contributed by atoms with Crippen molar-refractivity contribution in [3.63, 3.8) is 0 Å². The Hall–Kier alpha value is -2.76. The number of hydrogen-bond donors (Lipinski definition) is 2. The highest BCUT2D eigenvalue weighted by atomic mass is 16.6. The predicted molar refractivity (Wildman–Crippen MR) is 132 cm³/mol. The lowest BCUT2D eigenvalue weighted by Gasteiger charge is -2.26. The van der Waals surface area contributed by atoms with E-state index in [0.29, 0.717) is 56.0 Å². The van der Waals surface area contributed by atoms with Gasteiger partial charge in [0.05, 0.1) is 31.1 Å². The molecule has 36 heavy (non-hydrogen) atoms.